The van der Waals surface area contributed by atoms with Crippen molar-refractivity contribution in [3.05, 3.63) is 23.4 Å². The van der Waals surface area contributed by atoms with Crippen LogP contribution in [-0.4, -0.2) is 30.7 Å². The molecule has 106 valence electrons. The lowest BCUT2D eigenvalue weighted by atomic mass is 10.1. The molecule has 0 bridgehead atoms. The van der Waals surface area contributed by atoms with Gasteiger partial charge in [-0.1, -0.05) is 0 Å². The lowest BCUT2D eigenvalue weighted by Gasteiger charge is -2.28. The summed E-state index contributed by atoms with van der Waals surface area (Å²) in [5.41, 5.74) is 1.77. The van der Waals surface area contributed by atoms with Crippen molar-refractivity contribution in [3.63, 3.8) is 0 Å². The second-order valence-corrected chi connectivity index (χ2v) is 6.08. The van der Waals surface area contributed by atoms with E-state index in [4.69, 9.17) is 0 Å². The average molecular weight is 270 g/mol. The van der Waals surface area contributed by atoms with Gasteiger partial charge in [-0.25, -0.2) is 4.98 Å². The van der Waals surface area contributed by atoms with Gasteiger partial charge in [0.25, 0.3) is 0 Å². The minimum atomic E-state index is 0.544. The van der Waals surface area contributed by atoms with E-state index in [2.05, 4.69) is 21.3 Å². The number of hydrogen-bond acceptors (Lipinski definition) is 4. The number of nitrogens with one attached hydrogen (secondary N) is 1. The molecule has 2 heterocycles. The van der Waals surface area contributed by atoms with Crippen molar-refractivity contribution in [3.8, 4) is 6.07 Å². The number of anilines is 1. The van der Waals surface area contributed by atoms with Gasteiger partial charge in [0.2, 0.25) is 0 Å². The van der Waals surface area contributed by atoms with Crippen molar-refractivity contribution >= 4 is 5.82 Å². The van der Waals surface area contributed by atoms with Crippen LogP contribution < -0.4 is 10.2 Å². The monoisotopic (exact) mass is 270 g/mol. The molecule has 3 rings (SSSR count). The quantitative estimate of drug-likeness (QED) is 0.891. The maximum Gasteiger partial charge on any atom is 0.146 e. The van der Waals surface area contributed by atoms with E-state index in [1.165, 1.54) is 25.7 Å². The van der Waals surface area contributed by atoms with Crippen molar-refractivity contribution in [1.29, 1.82) is 5.26 Å². The van der Waals surface area contributed by atoms with Crippen LogP contribution in [0.1, 0.15) is 36.8 Å². The van der Waals surface area contributed by atoms with Crippen molar-refractivity contribution in [2.45, 2.75) is 38.6 Å². The highest BCUT2D eigenvalue weighted by molar-refractivity contribution is 5.57. The van der Waals surface area contributed by atoms with Gasteiger partial charge in [0.1, 0.15) is 11.9 Å². The van der Waals surface area contributed by atoms with Crippen LogP contribution in [0.25, 0.3) is 0 Å². The molecule has 1 unspecified atom stereocenters. The molecule has 2 fully saturated rings. The first-order chi connectivity index (χ1) is 9.78. The van der Waals surface area contributed by atoms with Crippen LogP contribution in [-0.2, 0) is 0 Å². The van der Waals surface area contributed by atoms with Crippen LogP contribution in [0, 0.1) is 24.2 Å². The molecule has 0 amide bonds. The number of nitriles is 1. The van der Waals surface area contributed by atoms with Crippen LogP contribution in [0.5, 0.6) is 0 Å². The predicted octanol–water partition coefficient (Wildman–Crippen LogP) is 2.23. The highest BCUT2D eigenvalue weighted by Crippen LogP contribution is 2.32. The first-order valence-corrected chi connectivity index (χ1v) is 7.62. The molecule has 0 aromatic carbocycles. The third-order valence-corrected chi connectivity index (χ3v) is 4.33. The molecule has 1 aromatic rings. The Balaban J connectivity index is 1.83. The molecule has 20 heavy (non-hydrogen) atoms. The molecule has 1 atom stereocenters. The van der Waals surface area contributed by atoms with Crippen molar-refractivity contribution in [2.24, 2.45) is 5.92 Å². The van der Waals surface area contributed by atoms with E-state index in [-0.39, 0.29) is 0 Å². The van der Waals surface area contributed by atoms with Gasteiger partial charge in [-0.15, -0.1) is 0 Å². The van der Waals surface area contributed by atoms with Crippen molar-refractivity contribution in [2.75, 3.05) is 24.5 Å². The predicted molar refractivity (Wildman–Crippen MR) is 79.7 cm³/mol. The molecular formula is C16H22N4. The van der Waals surface area contributed by atoms with E-state index in [1.54, 1.807) is 0 Å². The zero-order chi connectivity index (χ0) is 13.9. The summed E-state index contributed by atoms with van der Waals surface area (Å²) in [6.45, 7) is 5.13. The molecule has 1 N–H and O–H groups in total. The van der Waals surface area contributed by atoms with E-state index in [0.29, 0.717) is 6.04 Å². The Hall–Kier alpha value is -1.60. The zero-order valence-corrected chi connectivity index (χ0v) is 12.1. The molecule has 4 nitrogen and oxygen atoms in total. The van der Waals surface area contributed by atoms with E-state index in [1.807, 2.05) is 19.2 Å². The van der Waals surface area contributed by atoms with Gasteiger partial charge >= 0.3 is 0 Å². The Morgan fingerprint density at radius 3 is 2.90 bits per heavy atom. The number of hydrogen-bond donors (Lipinski definition) is 1. The third kappa shape index (κ3) is 2.94. The van der Waals surface area contributed by atoms with Crippen LogP contribution in [0.3, 0.4) is 0 Å². The van der Waals surface area contributed by atoms with Gasteiger partial charge in [-0.2, -0.15) is 5.26 Å². The van der Waals surface area contributed by atoms with Crippen molar-refractivity contribution in [1.82, 2.24) is 10.3 Å². The van der Waals surface area contributed by atoms with Gasteiger partial charge in [-0.05, 0) is 56.7 Å². The number of aryl methyl sites for hydroxylation is 1. The summed E-state index contributed by atoms with van der Waals surface area (Å²) in [6.07, 6.45) is 6.96. The summed E-state index contributed by atoms with van der Waals surface area (Å²) < 4.78 is 0. The molecule has 0 radical (unpaired) electrons. The standard InChI is InChI=1S/C16H22N4/c1-12-6-8-19-16(15(12)9-17)20(10-13-4-5-13)11-14-3-2-7-18-14/h6,8,13-14,18H,2-5,7,10-11H2,1H3. The molecule has 1 aromatic heterocycles. The first-order valence-electron chi connectivity index (χ1n) is 7.62. The van der Waals surface area contributed by atoms with Gasteiger partial charge in [0, 0.05) is 25.3 Å². The molecule has 4 heteroatoms. The van der Waals surface area contributed by atoms with Gasteiger partial charge in [0.05, 0.1) is 5.56 Å². The number of pyridine rings is 1. The Morgan fingerprint density at radius 2 is 2.25 bits per heavy atom. The Kier molecular flexibility index (Phi) is 3.88. The lowest BCUT2D eigenvalue weighted by molar-refractivity contribution is 0.566. The van der Waals surface area contributed by atoms with E-state index in [9.17, 15) is 5.26 Å². The average Bonchev–Trinajstić information content (AvgIpc) is 3.11. The summed E-state index contributed by atoms with van der Waals surface area (Å²) in [7, 11) is 0. The highest BCUT2D eigenvalue weighted by Gasteiger charge is 2.28. The molecule has 2 aliphatic rings. The smallest absolute Gasteiger partial charge is 0.146 e. The fourth-order valence-electron chi connectivity index (χ4n) is 2.96. The van der Waals surface area contributed by atoms with Crippen LogP contribution in [0.15, 0.2) is 12.3 Å². The maximum atomic E-state index is 9.43. The minimum Gasteiger partial charge on any atom is -0.354 e. The summed E-state index contributed by atoms with van der Waals surface area (Å²) in [6, 6.07) is 4.80. The SMILES string of the molecule is Cc1ccnc(N(CC2CC2)CC2CCCN2)c1C#N. The van der Waals surface area contributed by atoms with E-state index >= 15 is 0 Å². The fraction of sp³-hybridized carbons (Fsp3) is 0.625. The number of aromatic nitrogens is 1. The minimum absolute atomic E-state index is 0.544. The topological polar surface area (TPSA) is 52.0 Å². The fourth-order valence-corrected chi connectivity index (χ4v) is 2.96. The van der Waals surface area contributed by atoms with E-state index < -0.39 is 0 Å². The largest absolute Gasteiger partial charge is 0.354 e. The van der Waals surface area contributed by atoms with Crippen LogP contribution in [0.2, 0.25) is 0 Å². The Bertz CT molecular complexity index is 510. The third-order valence-electron chi connectivity index (χ3n) is 4.33. The van der Waals surface area contributed by atoms with Crippen molar-refractivity contribution < 1.29 is 0 Å². The Morgan fingerprint density at radius 1 is 1.40 bits per heavy atom. The summed E-state index contributed by atoms with van der Waals surface area (Å²) in [5, 5.41) is 13.0. The lowest BCUT2D eigenvalue weighted by Crippen LogP contribution is -2.39. The second kappa shape index (κ2) is 5.80. The van der Waals surface area contributed by atoms with Crippen LogP contribution >= 0.6 is 0 Å². The molecule has 1 aliphatic carbocycles. The number of nitrogens with zero attached hydrogens (tertiary/aromatic N) is 3. The molecule has 1 saturated carbocycles. The summed E-state index contributed by atoms with van der Waals surface area (Å²) >= 11 is 0. The summed E-state index contributed by atoms with van der Waals surface area (Å²) in [5.74, 6) is 1.68. The van der Waals surface area contributed by atoms with Gasteiger partial charge in [0.15, 0.2) is 0 Å². The van der Waals surface area contributed by atoms with Gasteiger partial charge in [-0.3, -0.25) is 0 Å². The first kappa shape index (κ1) is 13.4. The Labute approximate surface area is 120 Å². The molecule has 0 spiro atoms. The molecular weight excluding hydrogens is 248 g/mol. The maximum absolute atomic E-state index is 9.43. The normalized spacial score (nSPS) is 21.7. The molecule has 1 aliphatic heterocycles. The molecule has 1 saturated heterocycles. The second-order valence-electron chi connectivity index (χ2n) is 6.08. The van der Waals surface area contributed by atoms with Gasteiger partial charge < -0.3 is 10.2 Å². The van der Waals surface area contributed by atoms with Crippen LogP contribution in [0.4, 0.5) is 5.82 Å². The number of rotatable bonds is 5. The summed E-state index contributed by atoms with van der Waals surface area (Å²) in [4.78, 5) is 6.85. The highest BCUT2D eigenvalue weighted by atomic mass is 15.2. The van der Waals surface area contributed by atoms with E-state index in [0.717, 1.165) is 42.5 Å². The zero-order valence-electron chi connectivity index (χ0n) is 12.1.